The quantitative estimate of drug-likeness (QED) is 0.598. The van der Waals surface area contributed by atoms with Gasteiger partial charge in [-0.3, -0.25) is 10.1 Å². The van der Waals surface area contributed by atoms with E-state index in [4.69, 9.17) is 11.6 Å². The van der Waals surface area contributed by atoms with Crippen molar-refractivity contribution in [2.45, 2.75) is 32.2 Å². The molecule has 0 aromatic heterocycles. The molecule has 1 aliphatic rings. The smallest absolute Gasteiger partial charge is 0.294 e. The van der Waals surface area contributed by atoms with E-state index in [2.05, 4.69) is 11.8 Å². The van der Waals surface area contributed by atoms with Crippen molar-refractivity contribution in [2.24, 2.45) is 0 Å². The Hall–Kier alpha value is -1.29. The van der Waals surface area contributed by atoms with Gasteiger partial charge in [0.25, 0.3) is 5.69 Å². The molecule has 1 saturated heterocycles. The molecule has 17 heavy (non-hydrogen) atoms. The van der Waals surface area contributed by atoms with Crippen LogP contribution >= 0.6 is 11.6 Å². The minimum absolute atomic E-state index is 0.103. The highest BCUT2D eigenvalue weighted by Gasteiger charge is 2.27. The summed E-state index contributed by atoms with van der Waals surface area (Å²) in [6.45, 7) is 2.93. The number of hydrogen-bond acceptors (Lipinski definition) is 3. The third-order valence-electron chi connectivity index (χ3n) is 3.25. The number of para-hydroxylation sites is 1. The van der Waals surface area contributed by atoms with Gasteiger partial charge in [-0.15, -0.1) is 0 Å². The van der Waals surface area contributed by atoms with Crippen LogP contribution in [-0.4, -0.2) is 17.5 Å². The van der Waals surface area contributed by atoms with Crippen LogP contribution in [0, 0.1) is 10.1 Å². The Labute approximate surface area is 105 Å². The van der Waals surface area contributed by atoms with Gasteiger partial charge in [-0.25, -0.2) is 0 Å². The first-order valence-electron chi connectivity index (χ1n) is 5.81. The first-order chi connectivity index (χ1) is 8.11. The molecule has 1 unspecified atom stereocenters. The van der Waals surface area contributed by atoms with E-state index in [9.17, 15) is 10.1 Å². The van der Waals surface area contributed by atoms with E-state index in [1.165, 1.54) is 12.5 Å². The fraction of sp³-hybridized carbons (Fsp3) is 0.500. The second-order valence-corrected chi connectivity index (χ2v) is 4.81. The van der Waals surface area contributed by atoms with E-state index >= 15 is 0 Å². The zero-order valence-corrected chi connectivity index (χ0v) is 10.5. The number of halogens is 1. The van der Waals surface area contributed by atoms with Gasteiger partial charge in [0.2, 0.25) is 0 Å². The Morgan fingerprint density at radius 3 is 2.88 bits per heavy atom. The van der Waals surface area contributed by atoms with E-state index in [0.717, 1.165) is 19.4 Å². The van der Waals surface area contributed by atoms with Crippen LogP contribution in [0.2, 0.25) is 5.02 Å². The SMILES string of the molecule is CC1CCCCN1c1c(Cl)cccc1[N+](=O)[O-]. The van der Waals surface area contributed by atoms with Gasteiger partial charge >= 0.3 is 0 Å². The van der Waals surface area contributed by atoms with Crippen molar-refractivity contribution in [2.75, 3.05) is 11.4 Å². The molecule has 0 N–H and O–H groups in total. The average molecular weight is 255 g/mol. The van der Waals surface area contributed by atoms with Gasteiger partial charge in [-0.1, -0.05) is 17.7 Å². The molecule has 0 bridgehead atoms. The summed E-state index contributed by atoms with van der Waals surface area (Å²) in [5.41, 5.74) is 0.678. The molecule has 0 amide bonds. The summed E-state index contributed by atoms with van der Waals surface area (Å²) in [4.78, 5) is 12.7. The maximum absolute atomic E-state index is 11.0. The minimum atomic E-state index is -0.359. The largest absolute Gasteiger partial charge is 0.362 e. The highest BCUT2D eigenvalue weighted by molar-refractivity contribution is 6.33. The van der Waals surface area contributed by atoms with Crippen molar-refractivity contribution >= 4 is 23.0 Å². The normalized spacial score (nSPS) is 20.4. The monoisotopic (exact) mass is 254 g/mol. The standard InChI is InChI=1S/C12H15ClN2O2/c1-9-5-2-3-8-14(9)12-10(13)6-4-7-11(12)15(16)17/h4,6-7,9H,2-3,5,8H2,1H3. The third kappa shape index (κ3) is 2.36. The maximum Gasteiger partial charge on any atom is 0.294 e. The third-order valence-corrected chi connectivity index (χ3v) is 3.56. The van der Waals surface area contributed by atoms with Crippen molar-refractivity contribution in [3.05, 3.63) is 33.3 Å². The van der Waals surface area contributed by atoms with Gasteiger partial charge < -0.3 is 4.90 Å². The summed E-state index contributed by atoms with van der Waals surface area (Å²) >= 11 is 6.13. The first-order valence-corrected chi connectivity index (χ1v) is 6.18. The molecule has 1 heterocycles. The predicted octanol–water partition coefficient (Wildman–Crippen LogP) is 3.63. The fourth-order valence-corrected chi connectivity index (χ4v) is 2.64. The zero-order chi connectivity index (χ0) is 12.4. The molecule has 1 aliphatic heterocycles. The van der Waals surface area contributed by atoms with E-state index in [1.807, 2.05) is 0 Å². The van der Waals surface area contributed by atoms with Crippen molar-refractivity contribution in [3.63, 3.8) is 0 Å². The lowest BCUT2D eigenvalue weighted by Crippen LogP contribution is -2.38. The van der Waals surface area contributed by atoms with Crippen molar-refractivity contribution in [1.29, 1.82) is 0 Å². The Balaban J connectivity index is 2.45. The first kappa shape index (κ1) is 12.2. The van der Waals surface area contributed by atoms with Gasteiger partial charge in [-0.05, 0) is 32.3 Å². The lowest BCUT2D eigenvalue weighted by molar-refractivity contribution is -0.384. The van der Waals surface area contributed by atoms with Crippen LogP contribution in [0.1, 0.15) is 26.2 Å². The predicted molar refractivity (Wildman–Crippen MR) is 68.8 cm³/mol. The second kappa shape index (κ2) is 4.92. The number of hydrogen-bond donors (Lipinski definition) is 0. The summed E-state index contributed by atoms with van der Waals surface area (Å²) < 4.78 is 0. The van der Waals surface area contributed by atoms with Crippen molar-refractivity contribution < 1.29 is 4.92 Å². The molecule has 0 saturated carbocycles. The van der Waals surface area contributed by atoms with E-state index in [0.29, 0.717) is 16.8 Å². The molecule has 1 fully saturated rings. The number of anilines is 1. The lowest BCUT2D eigenvalue weighted by atomic mass is 10.0. The fourth-order valence-electron chi connectivity index (χ4n) is 2.37. The van der Waals surface area contributed by atoms with Crippen LogP contribution in [-0.2, 0) is 0 Å². The Kier molecular flexibility index (Phi) is 3.52. The maximum atomic E-state index is 11.0. The van der Waals surface area contributed by atoms with Crippen molar-refractivity contribution in [3.8, 4) is 0 Å². The van der Waals surface area contributed by atoms with Crippen molar-refractivity contribution in [1.82, 2.24) is 0 Å². The zero-order valence-electron chi connectivity index (χ0n) is 9.73. The van der Waals surface area contributed by atoms with Gasteiger partial charge in [0.05, 0.1) is 9.95 Å². The number of nitro groups is 1. The Morgan fingerprint density at radius 2 is 2.24 bits per heavy atom. The molecule has 4 nitrogen and oxygen atoms in total. The molecule has 92 valence electrons. The molecule has 1 aromatic carbocycles. The molecule has 0 radical (unpaired) electrons. The van der Waals surface area contributed by atoms with Crippen LogP contribution in [0.15, 0.2) is 18.2 Å². The summed E-state index contributed by atoms with van der Waals surface area (Å²) in [5, 5.41) is 11.5. The molecule has 1 atom stereocenters. The number of nitro benzene ring substituents is 1. The number of nitrogens with zero attached hydrogens (tertiary/aromatic N) is 2. The summed E-state index contributed by atoms with van der Waals surface area (Å²) in [6.07, 6.45) is 3.30. The van der Waals surface area contributed by atoms with Crippen LogP contribution in [0.4, 0.5) is 11.4 Å². The van der Waals surface area contributed by atoms with Crippen LogP contribution in [0.3, 0.4) is 0 Å². The molecule has 1 aromatic rings. The minimum Gasteiger partial charge on any atom is -0.362 e. The number of benzene rings is 1. The number of piperidine rings is 1. The van der Waals surface area contributed by atoms with Gasteiger partial charge in [0, 0.05) is 18.7 Å². The van der Waals surface area contributed by atoms with Crippen LogP contribution in [0.25, 0.3) is 0 Å². The molecular formula is C12H15ClN2O2. The number of rotatable bonds is 2. The van der Waals surface area contributed by atoms with Crippen LogP contribution < -0.4 is 4.90 Å². The Bertz CT molecular complexity index is 437. The topological polar surface area (TPSA) is 46.4 Å². The summed E-state index contributed by atoms with van der Waals surface area (Å²) in [6, 6.07) is 5.16. The van der Waals surface area contributed by atoms with E-state index < -0.39 is 0 Å². The highest BCUT2D eigenvalue weighted by Crippen LogP contribution is 2.38. The van der Waals surface area contributed by atoms with E-state index in [1.54, 1.807) is 12.1 Å². The summed E-state index contributed by atoms with van der Waals surface area (Å²) in [7, 11) is 0. The average Bonchev–Trinajstić information content (AvgIpc) is 2.30. The second-order valence-electron chi connectivity index (χ2n) is 4.40. The Morgan fingerprint density at radius 1 is 1.47 bits per heavy atom. The van der Waals surface area contributed by atoms with Gasteiger partial charge in [0.1, 0.15) is 5.69 Å². The van der Waals surface area contributed by atoms with Crippen LogP contribution in [0.5, 0.6) is 0 Å². The summed E-state index contributed by atoms with van der Waals surface area (Å²) in [5.74, 6) is 0. The highest BCUT2D eigenvalue weighted by atomic mass is 35.5. The molecule has 0 spiro atoms. The molecular weight excluding hydrogens is 240 g/mol. The van der Waals surface area contributed by atoms with E-state index in [-0.39, 0.29) is 10.6 Å². The molecule has 0 aliphatic carbocycles. The molecule has 2 rings (SSSR count). The molecule has 5 heteroatoms. The lowest BCUT2D eigenvalue weighted by Gasteiger charge is -2.35. The van der Waals surface area contributed by atoms with Gasteiger partial charge in [0.15, 0.2) is 0 Å². The van der Waals surface area contributed by atoms with Gasteiger partial charge in [-0.2, -0.15) is 0 Å².